The quantitative estimate of drug-likeness (QED) is 0.937. The minimum absolute atomic E-state index is 0.337. The molecule has 1 aromatic carbocycles. The molecule has 0 aliphatic carbocycles. The Balaban J connectivity index is 2.18. The second-order valence-electron chi connectivity index (χ2n) is 4.17. The smallest absolute Gasteiger partial charge is 0.146 e. The predicted octanol–water partition coefficient (Wildman–Crippen LogP) is 3.14. The number of hydrogen-bond donors (Lipinski definition) is 1. The standard InChI is InChI=1S/C13H15ClFN3O/c1-8-13(14)12(18(2)17-8)7-16-11-6-9(19-3)4-5-10(11)15/h4-6,16H,7H2,1-3H3. The molecule has 0 atom stereocenters. The number of anilines is 1. The molecule has 0 bridgehead atoms. The molecule has 4 nitrogen and oxygen atoms in total. The van der Waals surface area contributed by atoms with Crippen LogP contribution in [0.5, 0.6) is 5.75 Å². The molecular weight excluding hydrogens is 269 g/mol. The second-order valence-corrected chi connectivity index (χ2v) is 4.55. The first-order chi connectivity index (χ1) is 9.02. The van der Waals surface area contributed by atoms with Gasteiger partial charge in [0.25, 0.3) is 0 Å². The van der Waals surface area contributed by atoms with E-state index < -0.39 is 0 Å². The number of nitrogens with one attached hydrogen (secondary N) is 1. The van der Waals surface area contributed by atoms with E-state index in [9.17, 15) is 4.39 Å². The van der Waals surface area contributed by atoms with Gasteiger partial charge in [-0.2, -0.15) is 5.10 Å². The first kappa shape index (κ1) is 13.7. The van der Waals surface area contributed by atoms with Gasteiger partial charge in [-0.1, -0.05) is 11.6 Å². The van der Waals surface area contributed by atoms with Gasteiger partial charge in [-0.3, -0.25) is 4.68 Å². The van der Waals surface area contributed by atoms with Crippen LogP contribution >= 0.6 is 11.6 Å². The maximum absolute atomic E-state index is 13.6. The summed E-state index contributed by atoms with van der Waals surface area (Å²) in [6, 6.07) is 4.53. The number of halogens is 2. The Morgan fingerprint density at radius 1 is 1.47 bits per heavy atom. The summed E-state index contributed by atoms with van der Waals surface area (Å²) in [5.74, 6) is 0.256. The van der Waals surface area contributed by atoms with Gasteiger partial charge in [0, 0.05) is 13.1 Å². The van der Waals surface area contributed by atoms with E-state index in [1.807, 2.05) is 6.92 Å². The predicted molar refractivity (Wildman–Crippen MR) is 73.2 cm³/mol. The molecule has 0 amide bonds. The molecule has 0 aliphatic rings. The lowest BCUT2D eigenvalue weighted by atomic mass is 10.2. The lowest BCUT2D eigenvalue weighted by molar-refractivity contribution is 0.414. The average Bonchev–Trinajstić information content (AvgIpc) is 2.63. The highest BCUT2D eigenvalue weighted by atomic mass is 35.5. The maximum Gasteiger partial charge on any atom is 0.146 e. The van der Waals surface area contributed by atoms with E-state index in [4.69, 9.17) is 16.3 Å². The van der Waals surface area contributed by atoms with Gasteiger partial charge in [-0.15, -0.1) is 0 Å². The van der Waals surface area contributed by atoms with Crippen molar-refractivity contribution in [1.29, 1.82) is 0 Å². The molecule has 0 saturated carbocycles. The molecular formula is C13H15ClFN3O. The highest BCUT2D eigenvalue weighted by Gasteiger charge is 2.11. The van der Waals surface area contributed by atoms with Crippen molar-refractivity contribution >= 4 is 17.3 Å². The Bertz CT molecular complexity index is 598. The zero-order valence-corrected chi connectivity index (χ0v) is 11.8. The van der Waals surface area contributed by atoms with Crippen LogP contribution < -0.4 is 10.1 Å². The Kier molecular flexibility index (Phi) is 3.95. The summed E-state index contributed by atoms with van der Waals surface area (Å²) in [6.07, 6.45) is 0. The monoisotopic (exact) mass is 283 g/mol. The zero-order chi connectivity index (χ0) is 14.0. The van der Waals surface area contributed by atoms with Crippen LogP contribution in [0.25, 0.3) is 0 Å². The van der Waals surface area contributed by atoms with Gasteiger partial charge in [-0.25, -0.2) is 4.39 Å². The second kappa shape index (κ2) is 5.48. The average molecular weight is 284 g/mol. The number of aromatic nitrogens is 2. The van der Waals surface area contributed by atoms with E-state index in [2.05, 4.69) is 10.4 Å². The van der Waals surface area contributed by atoms with Gasteiger partial charge in [0.15, 0.2) is 0 Å². The molecule has 0 unspecified atom stereocenters. The molecule has 2 aromatic rings. The zero-order valence-electron chi connectivity index (χ0n) is 11.0. The van der Waals surface area contributed by atoms with Crippen molar-refractivity contribution in [3.05, 3.63) is 40.4 Å². The van der Waals surface area contributed by atoms with Crippen molar-refractivity contribution in [2.24, 2.45) is 7.05 Å². The van der Waals surface area contributed by atoms with E-state index in [-0.39, 0.29) is 5.82 Å². The molecule has 0 aliphatic heterocycles. The molecule has 1 heterocycles. The first-order valence-corrected chi connectivity index (χ1v) is 6.16. The lowest BCUT2D eigenvalue weighted by Gasteiger charge is -2.10. The molecule has 0 saturated heterocycles. The van der Waals surface area contributed by atoms with Crippen molar-refractivity contribution in [1.82, 2.24) is 9.78 Å². The van der Waals surface area contributed by atoms with Gasteiger partial charge in [-0.05, 0) is 19.1 Å². The van der Waals surface area contributed by atoms with Crippen molar-refractivity contribution in [2.75, 3.05) is 12.4 Å². The van der Waals surface area contributed by atoms with Crippen LogP contribution in [-0.2, 0) is 13.6 Å². The third-order valence-electron chi connectivity index (χ3n) is 2.88. The van der Waals surface area contributed by atoms with Crippen molar-refractivity contribution in [2.45, 2.75) is 13.5 Å². The molecule has 19 heavy (non-hydrogen) atoms. The topological polar surface area (TPSA) is 39.1 Å². The normalized spacial score (nSPS) is 10.6. The molecule has 0 spiro atoms. The summed E-state index contributed by atoms with van der Waals surface area (Å²) in [5, 5.41) is 7.80. The molecule has 0 fully saturated rings. The Labute approximate surface area is 116 Å². The van der Waals surface area contributed by atoms with Crippen LogP contribution in [0.2, 0.25) is 5.02 Å². The summed E-state index contributed by atoms with van der Waals surface area (Å²) in [6.45, 7) is 2.22. The van der Waals surface area contributed by atoms with Crippen molar-refractivity contribution < 1.29 is 9.13 Å². The van der Waals surface area contributed by atoms with Gasteiger partial charge in [0.2, 0.25) is 0 Å². The van der Waals surface area contributed by atoms with Crippen molar-refractivity contribution in [3.8, 4) is 5.75 Å². The number of aryl methyl sites for hydroxylation is 2. The van der Waals surface area contributed by atoms with E-state index in [1.54, 1.807) is 31.0 Å². The molecule has 102 valence electrons. The summed E-state index contributed by atoms with van der Waals surface area (Å²) in [4.78, 5) is 0. The van der Waals surface area contributed by atoms with Crippen LogP contribution in [0.15, 0.2) is 18.2 Å². The minimum Gasteiger partial charge on any atom is -0.497 e. The number of ether oxygens (including phenoxy) is 1. The highest BCUT2D eigenvalue weighted by molar-refractivity contribution is 6.31. The number of methoxy groups -OCH3 is 1. The van der Waals surface area contributed by atoms with E-state index >= 15 is 0 Å². The number of hydrogen-bond acceptors (Lipinski definition) is 3. The third kappa shape index (κ3) is 2.81. The Morgan fingerprint density at radius 2 is 2.21 bits per heavy atom. The van der Waals surface area contributed by atoms with Gasteiger partial charge >= 0.3 is 0 Å². The molecule has 0 radical (unpaired) electrons. The summed E-state index contributed by atoms with van der Waals surface area (Å²) < 4.78 is 20.4. The van der Waals surface area contributed by atoms with Gasteiger partial charge in [0.05, 0.1) is 35.8 Å². The van der Waals surface area contributed by atoms with Crippen molar-refractivity contribution in [3.63, 3.8) is 0 Å². The summed E-state index contributed by atoms with van der Waals surface area (Å²) in [5.41, 5.74) is 1.93. The molecule has 2 rings (SSSR count). The first-order valence-electron chi connectivity index (χ1n) is 5.78. The third-order valence-corrected chi connectivity index (χ3v) is 3.37. The SMILES string of the molecule is COc1ccc(F)c(NCc2c(Cl)c(C)nn2C)c1. The largest absolute Gasteiger partial charge is 0.497 e. The van der Waals surface area contributed by atoms with Gasteiger partial charge in [0.1, 0.15) is 11.6 Å². The number of benzene rings is 1. The van der Waals surface area contributed by atoms with E-state index in [0.29, 0.717) is 23.0 Å². The number of rotatable bonds is 4. The molecule has 6 heteroatoms. The van der Waals surface area contributed by atoms with Crippen LogP contribution in [0.4, 0.5) is 10.1 Å². The van der Waals surface area contributed by atoms with Crippen LogP contribution in [0, 0.1) is 12.7 Å². The van der Waals surface area contributed by atoms with Gasteiger partial charge < -0.3 is 10.1 Å². The highest BCUT2D eigenvalue weighted by Crippen LogP contribution is 2.24. The summed E-state index contributed by atoms with van der Waals surface area (Å²) >= 11 is 6.14. The fourth-order valence-electron chi connectivity index (χ4n) is 1.82. The minimum atomic E-state index is -0.337. The lowest BCUT2D eigenvalue weighted by Crippen LogP contribution is -2.07. The molecule has 1 aromatic heterocycles. The number of nitrogens with zero attached hydrogens (tertiary/aromatic N) is 2. The summed E-state index contributed by atoms with van der Waals surface area (Å²) in [7, 11) is 3.34. The fraction of sp³-hybridized carbons (Fsp3) is 0.308. The van der Waals surface area contributed by atoms with E-state index in [1.165, 1.54) is 6.07 Å². The van der Waals surface area contributed by atoms with Crippen LogP contribution in [-0.4, -0.2) is 16.9 Å². The fourth-order valence-corrected chi connectivity index (χ4v) is 2.04. The van der Waals surface area contributed by atoms with E-state index in [0.717, 1.165) is 11.4 Å². The Morgan fingerprint density at radius 3 is 2.79 bits per heavy atom. The maximum atomic E-state index is 13.6. The molecule has 1 N–H and O–H groups in total. The Hall–Kier alpha value is -1.75. The van der Waals surface area contributed by atoms with Crippen LogP contribution in [0.3, 0.4) is 0 Å². The van der Waals surface area contributed by atoms with Crippen LogP contribution in [0.1, 0.15) is 11.4 Å².